The van der Waals surface area contributed by atoms with Gasteiger partial charge in [-0.1, -0.05) is 0 Å². The number of carboxylic acid groups (broad SMARTS) is 1. The third-order valence-electron chi connectivity index (χ3n) is 2.25. The zero-order valence-corrected chi connectivity index (χ0v) is 10.6. The van der Waals surface area contributed by atoms with Gasteiger partial charge in [-0.3, -0.25) is 4.79 Å². The third-order valence-corrected chi connectivity index (χ3v) is 2.25. The Morgan fingerprint density at radius 1 is 1.29 bits per heavy atom. The molecule has 0 aromatic heterocycles. The molecule has 1 aromatic carbocycles. The highest BCUT2D eigenvalue weighted by Gasteiger charge is 2.27. The van der Waals surface area contributed by atoms with E-state index in [-0.39, 0.29) is 23.4 Å². The molecule has 116 valence electrons. The first-order valence-corrected chi connectivity index (χ1v) is 5.69. The number of phenolic OH excluding ortho intramolecular Hbond substituents is 1. The number of aromatic hydroxyl groups is 1. The highest BCUT2D eigenvalue weighted by atomic mass is 19.4. The number of nitrogens with one attached hydrogen (secondary N) is 1. The molecule has 0 atom stereocenters. The molecule has 0 aliphatic carbocycles. The van der Waals surface area contributed by atoms with Gasteiger partial charge < -0.3 is 20.3 Å². The number of phenols is 1. The topological polar surface area (TPSA) is 95.9 Å². The van der Waals surface area contributed by atoms with Gasteiger partial charge in [0.05, 0.1) is 24.3 Å². The van der Waals surface area contributed by atoms with E-state index < -0.39 is 31.3 Å². The van der Waals surface area contributed by atoms with Crippen molar-refractivity contribution in [3.05, 3.63) is 23.8 Å². The van der Waals surface area contributed by atoms with Crippen molar-refractivity contribution < 1.29 is 37.7 Å². The fraction of sp³-hybridized carbons (Fsp3) is 0.333. The van der Waals surface area contributed by atoms with Crippen LogP contribution in [0.5, 0.6) is 5.75 Å². The number of alkyl halides is 3. The quantitative estimate of drug-likeness (QED) is 0.552. The van der Waals surface area contributed by atoms with E-state index in [1.807, 2.05) is 0 Å². The third kappa shape index (κ3) is 6.13. The summed E-state index contributed by atoms with van der Waals surface area (Å²) in [6.45, 7) is -1.91. The first-order chi connectivity index (χ1) is 9.69. The lowest BCUT2D eigenvalue weighted by Gasteiger charge is -2.10. The molecule has 21 heavy (non-hydrogen) atoms. The summed E-state index contributed by atoms with van der Waals surface area (Å²) in [4.78, 5) is 22.4. The van der Waals surface area contributed by atoms with Gasteiger partial charge in [-0.25, -0.2) is 4.79 Å². The minimum Gasteiger partial charge on any atom is -0.508 e. The van der Waals surface area contributed by atoms with Gasteiger partial charge in [-0.05, 0) is 18.2 Å². The summed E-state index contributed by atoms with van der Waals surface area (Å²) in [5, 5.41) is 20.3. The number of hydrogen-bond acceptors (Lipinski definition) is 4. The van der Waals surface area contributed by atoms with Crippen LogP contribution in [0.3, 0.4) is 0 Å². The van der Waals surface area contributed by atoms with E-state index in [1.54, 1.807) is 0 Å². The fourth-order valence-corrected chi connectivity index (χ4v) is 1.38. The van der Waals surface area contributed by atoms with Gasteiger partial charge in [0.1, 0.15) is 12.4 Å². The number of carbonyl (C=O) groups excluding carboxylic acids is 1. The van der Waals surface area contributed by atoms with E-state index in [4.69, 9.17) is 10.2 Å². The molecule has 1 rings (SSSR count). The average Bonchev–Trinajstić information content (AvgIpc) is 2.35. The molecule has 0 aliphatic heterocycles. The molecule has 0 radical (unpaired) electrons. The van der Waals surface area contributed by atoms with Gasteiger partial charge in [0.2, 0.25) is 5.91 Å². The molecule has 0 heterocycles. The number of halogens is 3. The van der Waals surface area contributed by atoms with Crippen molar-refractivity contribution in [2.45, 2.75) is 12.6 Å². The molecular weight excluding hydrogens is 295 g/mol. The molecule has 0 fully saturated rings. The van der Waals surface area contributed by atoms with Crippen LogP contribution in [0.25, 0.3) is 0 Å². The van der Waals surface area contributed by atoms with Crippen molar-refractivity contribution in [1.29, 1.82) is 0 Å². The number of amides is 1. The SMILES string of the molecule is O=C(CCOCC(F)(F)F)Nc1ccc(O)cc1C(=O)O. The number of ether oxygens (including phenoxy) is 1. The summed E-state index contributed by atoms with van der Waals surface area (Å²) in [5.74, 6) is -2.36. The van der Waals surface area contributed by atoms with Gasteiger partial charge in [0, 0.05) is 0 Å². The van der Waals surface area contributed by atoms with Crippen molar-refractivity contribution in [1.82, 2.24) is 0 Å². The van der Waals surface area contributed by atoms with Gasteiger partial charge in [0.25, 0.3) is 0 Å². The highest BCUT2D eigenvalue weighted by Crippen LogP contribution is 2.21. The van der Waals surface area contributed by atoms with E-state index in [9.17, 15) is 22.8 Å². The molecule has 9 heteroatoms. The Morgan fingerprint density at radius 2 is 1.95 bits per heavy atom. The number of carboxylic acids is 1. The van der Waals surface area contributed by atoms with Crippen molar-refractivity contribution >= 4 is 17.6 Å². The summed E-state index contributed by atoms with van der Waals surface area (Å²) in [6.07, 6.45) is -4.83. The van der Waals surface area contributed by atoms with Crippen LogP contribution in [0, 0.1) is 0 Å². The van der Waals surface area contributed by atoms with Crippen molar-refractivity contribution in [2.75, 3.05) is 18.5 Å². The van der Waals surface area contributed by atoms with Crippen molar-refractivity contribution in [3.8, 4) is 5.75 Å². The lowest BCUT2D eigenvalue weighted by atomic mass is 10.1. The van der Waals surface area contributed by atoms with Crippen LogP contribution < -0.4 is 5.32 Å². The van der Waals surface area contributed by atoms with Crippen LogP contribution in [0.15, 0.2) is 18.2 Å². The van der Waals surface area contributed by atoms with Gasteiger partial charge in [0.15, 0.2) is 0 Å². The molecular formula is C12H12F3NO5. The van der Waals surface area contributed by atoms with Crippen LogP contribution >= 0.6 is 0 Å². The average molecular weight is 307 g/mol. The molecule has 1 aromatic rings. The Bertz CT molecular complexity index is 530. The van der Waals surface area contributed by atoms with Crippen LogP contribution in [0.4, 0.5) is 18.9 Å². The molecule has 0 saturated carbocycles. The second kappa shape index (κ2) is 6.93. The number of carbonyl (C=O) groups is 2. The first kappa shape index (κ1) is 16.8. The predicted molar refractivity (Wildman–Crippen MR) is 65.2 cm³/mol. The summed E-state index contributed by atoms with van der Waals surface area (Å²) in [7, 11) is 0. The molecule has 0 spiro atoms. The van der Waals surface area contributed by atoms with E-state index in [2.05, 4.69) is 10.1 Å². The number of rotatable bonds is 6. The van der Waals surface area contributed by atoms with E-state index in [1.165, 1.54) is 12.1 Å². The van der Waals surface area contributed by atoms with Gasteiger partial charge >= 0.3 is 12.1 Å². The monoisotopic (exact) mass is 307 g/mol. The number of hydrogen-bond donors (Lipinski definition) is 3. The second-order valence-corrected chi connectivity index (χ2v) is 4.00. The zero-order chi connectivity index (χ0) is 16.0. The van der Waals surface area contributed by atoms with Crippen LogP contribution in [0.1, 0.15) is 16.8 Å². The molecule has 0 aliphatic rings. The normalized spacial score (nSPS) is 11.2. The Morgan fingerprint density at radius 3 is 2.52 bits per heavy atom. The summed E-state index contributed by atoms with van der Waals surface area (Å²) in [5.41, 5.74) is -0.402. The minimum atomic E-state index is -4.47. The van der Waals surface area contributed by atoms with Crippen LogP contribution in [-0.4, -0.2) is 41.5 Å². The first-order valence-electron chi connectivity index (χ1n) is 5.69. The zero-order valence-electron chi connectivity index (χ0n) is 10.6. The number of aromatic carboxylic acids is 1. The maximum absolute atomic E-state index is 11.8. The molecule has 0 unspecified atom stereocenters. The predicted octanol–water partition coefficient (Wildman–Crippen LogP) is 2.00. The smallest absolute Gasteiger partial charge is 0.411 e. The lowest BCUT2D eigenvalue weighted by molar-refractivity contribution is -0.174. The largest absolute Gasteiger partial charge is 0.508 e. The molecule has 0 bridgehead atoms. The van der Waals surface area contributed by atoms with E-state index in [0.29, 0.717) is 0 Å². The summed E-state index contributed by atoms with van der Waals surface area (Å²) >= 11 is 0. The van der Waals surface area contributed by atoms with Crippen LogP contribution in [-0.2, 0) is 9.53 Å². The Kier molecular flexibility index (Phi) is 5.53. The molecule has 1 amide bonds. The van der Waals surface area contributed by atoms with Crippen molar-refractivity contribution in [2.24, 2.45) is 0 Å². The molecule has 6 nitrogen and oxygen atoms in total. The maximum atomic E-state index is 11.8. The van der Waals surface area contributed by atoms with Crippen molar-refractivity contribution in [3.63, 3.8) is 0 Å². The Hall–Kier alpha value is -2.29. The number of anilines is 1. The summed E-state index contributed by atoms with van der Waals surface area (Å²) in [6, 6.07) is 3.29. The van der Waals surface area contributed by atoms with Gasteiger partial charge in [-0.15, -0.1) is 0 Å². The van der Waals surface area contributed by atoms with Gasteiger partial charge in [-0.2, -0.15) is 13.2 Å². The standard InChI is InChI=1S/C12H12F3NO5/c13-12(14,15)6-21-4-3-10(18)16-9-2-1-7(17)5-8(9)11(19)20/h1-2,5,17H,3-4,6H2,(H,16,18)(H,19,20). The number of benzene rings is 1. The van der Waals surface area contributed by atoms with E-state index >= 15 is 0 Å². The molecule has 3 N–H and O–H groups in total. The highest BCUT2D eigenvalue weighted by molar-refractivity contribution is 6.00. The minimum absolute atomic E-state index is 0.0684. The Labute approximate surface area is 117 Å². The maximum Gasteiger partial charge on any atom is 0.411 e. The van der Waals surface area contributed by atoms with E-state index in [0.717, 1.165) is 6.07 Å². The second-order valence-electron chi connectivity index (χ2n) is 4.00. The summed E-state index contributed by atoms with van der Waals surface area (Å²) < 4.78 is 39.6. The fourth-order valence-electron chi connectivity index (χ4n) is 1.38. The Balaban J connectivity index is 2.54. The van der Waals surface area contributed by atoms with Crippen LogP contribution in [0.2, 0.25) is 0 Å². The lowest BCUT2D eigenvalue weighted by Crippen LogP contribution is -2.20. The molecule has 0 saturated heterocycles.